The number of hydrogen-bond acceptors (Lipinski definition) is 5. The Kier molecular flexibility index (Phi) is 4.04. The van der Waals surface area contributed by atoms with Crippen LogP contribution in [0, 0.1) is 5.82 Å². The molecule has 6 nitrogen and oxygen atoms in total. The molecule has 0 saturated carbocycles. The first-order valence-electron chi connectivity index (χ1n) is 7.58. The molecule has 1 aromatic heterocycles. The summed E-state index contributed by atoms with van der Waals surface area (Å²) in [7, 11) is -3.98. The Hall–Kier alpha value is -2.65. The number of sulfonamides is 1. The maximum atomic E-state index is 13.1. The van der Waals surface area contributed by atoms with E-state index in [2.05, 4.69) is 11.0 Å². The van der Waals surface area contributed by atoms with Gasteiger partial charge >= 0.3 is 0 Å². The minimum Gasteiger partial charge on any atom is -0.454 e. The zero-order chi connectivity index (χ0) is 18.3. The predicted octanol–water partition coefficient (Wildman–Crippen LogP) is 3.05. The van der Waals surface area contributed by atoms with Gasteiger partial charge in [0, 0.05) is 18.7 Å². The van der Waals surface area contributed by atoms with Gasteiger partial charge in [-0.2, -0.15) is 8.42 Å². The average molecular weight is 392 g/mol. The summed E-state index contributed by atoms with van der Waals surface area (Å²) < 4.78 is 55.5. The van der Waals surface area contributed by atoms with Crippen LogP contribution < -0.4 is 14.3 Å². The first-order valence-corrected chi connectivity index (χ1v) is 9.84. The molecular formula is C17H13FN2O4S2. The van der Waals surface area contributed by atoms with Gasteiger partial charge in [0.1, 0.15) is 5.82 Å². The highest BCUT2D eigenvalue weighted by molar-refractivity contribution is 7.90. The molecule has 134 valence electrons. The number of hydrogen-bond donors (Lipinski definition) is 0. The summed E-state index contributed by atoms with van der Waals surface area (Å²) in [5.41, 5.74) is 0.771. The minimum absolute atomic E-state index is 0.0735. The Morgan fingerprint density at radius 2 is 1.92 bits per heavy atom. The van der Waals surface area contributed by atoms with Crippen LogP contribution in [0.5, 0.6) is 11.5 Å². The highest BCUT2D eigenvalue weighted by atomic mass is 32.2. The summed E-state index contributed by atoms with van der Waals surface area (Å²) >= 11 is 1.21. The number of allylic oxidation sites excluding steroid dienone is 1. The topological polar surface area (TPSA) is 69.9 Å². The number of benzene rings is 2. The van der Waals surface area contributed by atoms with Gasteiger partial charge in [0.2, 0.25) is 11.6 Å². The van der Waals surface area contributed by atoms with Crippen LogP contribution in [0.1, 0.15) is 0 Å². The molecule has 0 spiro atoms. The number of aromatic nitrogens is 1. The van der Waals surface area contributed by atoms with Crippen molar-refractivity contribution in [2.45, 2.75) is 11.4 Å². The summed E-state index contributed by atoms with van der Waals surface area (Å²) in [6, 6.07) is 8.15. The van der Waals surface area contributed by atoms with E-state index in [1.807, 2.05) is 0 Å². The largest absolute Gasteiger partial charge is 0.454 e. The number of halogens is 1. The second-order valence-corrected chi connectivity index (χ2v) is 8.09. The molecule has 26 heavy (non-hydrogen) atoms. The Balaban J connectivity index is 1.92. The number of fused-ring (bicyclic) bond motifs is 2. The Morgan fingerprint density at radius 1 is 1.23 bits per heavy atom. The van der Waals surface area contributed by atoms with E-state index in [1.165, 1.54) is 23.5 Å². The lowest BCUT2D eigenvalue weighted by Gasteiger charge is -2.03. The van der Waals surface area contributed by atoms with E-state index in [0.29, 0.717) is 18.0 Å². The fraction of sp³-hybridized carbons (Fsp3) is 0.118. The predicted molar refractivity (Wildman–Crippen MR) is 95.3 cm³/mol. The van der Waals surface area contributed by atoms with Gasteiger partial charge in [-0.3, -0.25) is 0 Å². The van der Waals surface area contributed by atoms with E-state index in [-0.39, 0.29) is 16.5 Å². The van der Waals surface area contributed by atoms with Crippen LogP contribution in [-0.4, -0.2) is 19.8 Å². The lowest BCUT2D eigenvalue weighted by molar-refractivity contribution is 0.174. The Morgan fingerprint density at radius 3 is 2.62 bits per heavy atom. The van der Waals surface area contributed by atoms with Crippen molar-refractivity contribution in [2.75, 3.05) is 6.79 Å². The maximum Gasteiger partial charge on any atom is 0.285 e. The summed E-state index contributed by atoms with van der Waals surface area (Å²) in [5, 5.41) is 0. The van der Waals surface area contributed by atoms with Gasteiger partial charge in [-0.25, -0.2) is 4.39 Å². The van der Waals surface area contributed by atoms with Crippen molar-refractivity contribution < 1.29 is 22.3 Å². The highest BCUT2D eigenvalue weighted by Crippen LogP contribution is 2.37. The van der Waals surface area contributed by atoms with Crippen molar-refractivity contribution in [3.05, 3.63) is 59.7 Å². The van der Waals surface area contributed by atoms with Gasteiger partial charge in [-0.05, 0) is 24.3 Å². The van der Waals surface area contributed by atoms with Crippen LogP contribution in [0.25, 0.3) is 10.2 Å². The highest BCUT2D eigenvalue weighted by Gasteiger charge is 2.19. The first-order chi connectivity index (χ1) is 12.5. The summed E-state index contributed by atoms with van der Waals surface area (Å²) in [6.07, 6.45) is 1.65. The van der Waals surface area contributed by atoms with E-state index < -0.39 is 15.8 Å². The molecule has 9 heteroatoms. The van der Waals surface area contributed by atoms with Gasteiger partial charge < -0.3 is 14.0 Å². The van der Waals surface area contributed by atoms with E-state index in [4.69, 9.17) is 9.47 Å². The lowest BCUT2D eigenvalue weighted by atomic mass is 10.3. The smallest absolute Gasteiger partial charge is 0.285 e. The molecule has 0 fully saturated rings. The van der Waals surface area contributed by atoms with Crippen LogP contribution in [0.4, 0.5) is 4.39 Å². The molecule has 0 saturated heterocycles. The number of nitrogens with zero attached hydrogens (tertiary/aromatic N) is 2. The van der Waals surface area contributed by atoms with Gasteiger partial charge in [-0.15, -0.1) is 11.0 Å². The zero-order valence-corrected chi connectivity index (χ0v) is 15.0. The molecule has 2 aromatic carbocycles. The first kappa shape index (κ1) is 16.8. The van der Waals surface area contributed by atoms with Crippen LogP contribution in [0.3, 0.4) is 0 Å². The Labute approximate surface area is 152 Å². The molecule has 0 N–H and O–H groups in total. The third-order valence-corrected chi connectivity index (χ3v) is 6.24. The molecule has 0 aliphatic carbocycles. The average Bonchev–Trinajstić information content (AvgIpc) is 3.18. The maximum absolute atomic E-state index is 13.1. The second-order valence-electron chi connectivity index (χ2n) is 5.48. The third kappa shape index (κ3) is 2.89. The molecular weight excluding hydrogens is 379 g/mol. The van der Waals surface area contributed by atoms with Crippen LogP contribution in [-0.2, 0) is 16.6 Å². The monoisotopic (exact) mass is 392 g/mol. The van der Waals surface area contributed by atoms with Crippen LogP contribution >= 0.6 is 11.3 Å². The molecule has 4 rings (SSSR count). The molecule has 2 heterocycles. The molecule has 0 radical (unpaired) electrons. The minimum atomic E-state index is -3.98. The number of ether oxygens (including phenoxy) is 2. The van der Waals surface area contributed by atoms with Crippen molar-refractivity contribution in [1.29, 1.82) is 0 Å². The normalized spacial score (nSPS) is 14.1. The molecule has 3 aromatic rings. The molecule has 0 unspecified atom stereocenters. The van der Waals surface area contributed by atoms with Crippen molar-refractivity contribution >= 4 is 31.6 Å². The summed E-state index contributed by atoms with van der Waals surface area (Å²) in [6.45, 7) is 4.24. The van der Waals surface area contributed by atoms with Crippen LogP contribution in [0.2, 0.25) is 0 Å². The van der Waals surface area contributed by atoms with Crippen molar-refractivity contribution in [3.8, 4) is 11.5 Å². The lowest BCUT2D eigenvalue weighted by Crippen LogP contribution is -2.16. The van der Waals surface area contributed by atoms with Gasteiger partial charge in [0.15, 0.2) is 11.5 Å². The zero-order valence-electron chi connectivity index (χ0n) is 13.4. The van der Waals surface area contributed by atoms with E-state index >= 15 is 0 Å². The summed E-state index contributed by atoms with van der Waals surface area (Å²) in [4.78, 5) is 0.212. The van der Waals surface area contributed by atoms with Crippen molar-refractivity contribution in [3.63, 3.8) is 0 Å². The summed E-state index contributed by atoms with van der Waals surface area (Å²) in [5.74, 6) is 0.695. The Bertz CT molecular complexity index is 1180. The van der Waals surface area contributed by atoms with Crippen LogP contribution in [0.15, 0.2) is 58.3 Å². The fourth-order valence-corrected chi connectivity index (χ4v) is 4.85. The fourth-order valence-electron chi connectivity index (χ4n) is 2.60. The van der Waals surface area contributed by atoms with Gasteiger partial charge in [0.25, 0.3) is 10.0 Å². The van der Waals surface area contributed by atoms with Crippen molar-refractivity contribution in [2.24, 2.45) is 4.40 Å². The standard InChI is InChI=1S/C17H13FN2O4S2/c1-2-7-20-13-8-14-15(24-10-23-14)9-16(13)25-17(20)19-26(21,22)12-5-3-11(18)4-6-12/h2-6,8-9H,1,7,10H2. The van der Waals surface area contributed by atoms with E-state index in [9.17, 15) is 12.8 Å². The molecule has 0 bridgehead atoms. The van der Waals surface area contributed by atoms with E-state index in [0.717, 1.165) is 22.3 Å². The molecule has 1 aliphatic rings. The van der Waals surface area contributed by atoms with Gasteiger partial charge in [-0.1, -0.05) is 17.4 Å². The SMILES string of the molecule is C=CCn1c(=NS(=O)(=O)c2ccc(F)cc2)sc2cc3c(cc21)OCO3. The van der Waals surface area contributed by atoms with Gasteiger partial charge in [0.05, 0.1) is 15.1 Å². The van der Waals surface area contributed by atoms with E-state index in [1.54, 1.807) is 22.8 Å². The van der Waals surface area contributed by atoms with Crippen molar-refractivity contribution in [1.82, 2.24) is 4.57 Å². The molecule has 0 amide bonds. The number of rotatable bonds is 4. The second kappa shape index (κ2) is 6.26. The molecule has 0 atom stereocenters. The molecule has 1 aliphatic heterocycles. The third-order valence-electron chi connectivity index (χ3n) is 3.80. The number of thiazole rings is 1. The quantitative estimate of drug-likeness (QED) is 0.640.